The minimum atomic E-state index is -0.350. The largest absolute Gasteiger partial charge is 0.385 e. The Morgan fingerprint density at radius 3 is 2.52 bits per heavy atom. The normalized spacial score (nSPS) is 15.7. The highest BCUT2D eigenvalue weighted by atomic mass is 16.6. The molecule has 0 spiro atoms. The van der Waals surface area contributed by atoms with Crippen molar-refractivity contribution in [3.8, 4) is 0 Å². The number of hydrogen-bond acceptors (Lipinski definition) is 5. The predicted octanol–water partition coefficient (Wildman–Crippen LogP) is 3.26. The molecule has 116 valence electrons. The maximum absolute atomic E-state index is 11.0. The summed E-state index contributed by atoms with van der Waals surface area (Å²) in [6.45, 7) is 5.32. The number of nitrogens with one attached hydrogen (secondary N) is 2. The van der Waals surface area contributed by atoms with Crippen molar-refractivity contribution in [2.24, 2.45) is 5.92 Å². The lowest BCUT2D eigenvalue weighted by Gasteiger charge is -2.22. The van der Waals surface area contributed by atoms with Crippen LogP contribution in [0.1, 0.15) is 26.2 Å². The van der Waals surface area contributed by atoms with Crippen molar-refractivity contribution in [3.63, 3.8) is 0 Å². The second kappa shape index (κ2) is 7.83. The molecular weight excluding hydrogens is 270 g/mol. The first-order valence-electron chi connectivity index (χ1n) is 7.54. The van der Waals surface area contributed by atoms with E-state index in [4.69, 9.17) is 4.74 Å². The van der Waals surface area contributed by atoms with Gasteiger partial charge in [0.15, 0.2) is 0 Å². The molecule has 1 aliphatic rings. The molecule has 0 aromatic heterocycles. The minimum Gasteiger partial charge on any atom is -0.385 e. The molecular formula is C15H23N3O3. The van der Waals surface area contributed by atoms with Crippen molar-refractivity contribution in [1.82, 2.24) is 0 Å². The lowest BCUT2D eigenvalue weighted by Crippen LogP contribution is -2.22. The lowest BCUT2D eigenvalue weighted by atomic mass is 10.0. The van der Waals surface area contributed by atoms with E-state index in [0.717, 1.165) is 56.9 Å². The average molecular weight is 293 g/mol. The lowest BCUT2D eigenvalue weighted by molar-refractivity contribution is -0.384. The summed E-state index contributed by atoms with van der Waals surface area (Å²) in [6, 6.07) is 5.10. The van der Waals surface area contributed by atoms with E-state index < -0.39 is 0 Å². The average Bonchev–Trinajstić information content (AvgIpc) is 2.51. The molecule has 0 amide bonds. The second-order valence-electron chi connectivity index (χ2n) is 5.39. The van der Waals surface area contributed by atoms with Crippen LogP contribution in [-0.4, -0.2) is 31.2 Å². The van der Waals surface area contributed by atoms with E-state index in [1.54, 1.807) is 12.1 Å². The van der Waals surface area contributed by atoms with Gasteiger partial charge in [0.1, 0.15) is 0 Å². The Hall–Kier alpha value is -1.82. The predicted molar refractivity (Wildman–Crippen MR) is 83.9 cm³/mol. The molecule has 1 heterocycles. The highest BCUT2D eigenvalue weighted by molar-refractivity contribution is 5.63. The summed E-state index contributed by atoms with van der Waals surface area (Å²) in [5.74, 6) is 0.574. The van der Waals surface area contributed by atoms with E-state index in [9.17, 15) is 10.1 Å². The van der Waals surface area contributed by atoms with Crippen LogP contribution in [0, 0.1) is 16.0 Å². The molecule has 0 radical (unpaired) electrons. The molecule has 2 N–H and O–H groups in total. The first-order valence-corrected chi connectivity index (χ1v) is 7.54. The maximum atomic E-state index is 11.0. The molecule has 0 aliphatic carbocycles. The number of anilines is 2. The molecule has 21 heavy (non-hydrogen) atoms. The third kappa shape index (κ3) is 4.90. The van der Waals surface area contributed by atoms with Crippen LogP contribution < -0.4 is 10.6 Å². The number of rotatable bonds is 7. The third-order valence-electron chi connectivity index (χ3n) is 3.64. The van der Waals surface area contributed by atoms with E-state index in [1.165, 1.54) is 0 Å². The molecule has 1 aliphatic heterocycles. The van der Waals surface area contributed by atoms with Gasteiger partial charge in [-0.05, 0) is 31.2 Å². The van der Waals surface area contributed by atoms with E-state index in [1.807, 2.05) is 6.07 Å². The van der Waals surface area contributed by atoms with Crippen LogP contribution in [0.3, 0.4) is 0 Å². The van der Waals surface area contributed by atoms with Gasteiger partial charge in [0.05, 0.1) is 4.92 Å². The Kier molecular flexibility index (Phi) is 5.80. The number of nitrogens with zero attached hydrogens (tertiary/aromatic N) is 1. The Morgan fingerprint density at radius 1 is 1.24 bits per heavy atom. The van der Waals surface area contributed by atoms with Gasteiger partial charge < -0.3 is 15.4 Å². The molecule has 0 unspecified atom stereocenters. The fraction of sp³-hybridized carbons (Fsp3) is 0.600. The summed E-state index contributed by atoms with van der Waals surface area (Å²) in [4.78, 5) is 10.7. The van der Waals surface area contributed by atoms with Crippen LogP contribution >= 0.6 is 0 Å². The van der Waals surface area contributed by atoms with E-state index in [-0.39, 0.29) is 10.6 Å². The molecule has 0 atom stereocenters. The molecule has 1 aromatic carbocycles. The first kappa shape index (κ1) is 15.6. The SMILES string of the molecule is CCCNc1cc(NCC2CCOCC2)cc([N+](=O)[O-])c1. The van der Waals surface area contributed by atoms with Crippen molar-refractivity contribution in [2.75, 3.05) is 36.9 Å². The van der Waals surface area contributed by atoms with Crippen LogP contribution in [0.15, 0.2) is 18.2 Å². The van der Waals surface area contributed by atoms with Gasteiger partial charge in [-0.2, -0.15) is 0 Å². The summed E-state index contributed by atoms with van der Waals surface area (Å²) in [6.07, 6.45) is 3.07. The zero-order valence-corrected chi connectivity index (χ0v) is 12.4. The van der Waals surface area contributed by atoms with Crippen molar-refractivity contribution in [1.29, 1.82) is 0 Å². The quantitative estimate of drug-likeness (QED) is 0.596. The standard InChI is InChI=1S/C15H23N3O3/c1-2-5-16-13-8-14(10-15(9-13)18(19)20)17-11-12-3-6-21-7-4-12/h8-10,12,16-17H,2-7,11H2,1H3. The summed E-state index contributed by atoms with van der Waals surface area (Å²) < 4.78 is 5.34. The maximum Gasteiger partial charge on any atom is 0.273 e. The highest BCUT2D eigenvalue weighted by Gasteiger charge is 2.15. The number of non-ortho nitro benzene ring substituents is 1. The fourth-order valence-corrected chi connectivity index (χ4v) is 2.40. The summed E-state index contributed by atoms with van der Waals surface area (Å²) in [5, 5.41) is 17.5. The van der Waals surface area contributed by atoms with Gasteiger partial charge in [-0.15, -0.1) is 0 Å². The van der Waals surface area contributed by atoms with Gasteiger partial charge in [0, 0.05) is 49.8 Å². The zero-order chi connectivity index (χ0) is 15.1. The minimum absolute atomic E-state index is 0.116. The van der Waals surface area contributed by atoms with Gasteiger partial charge in [-0.25, -0.2) is 0 Å². The Morgan fingerprint density at radius 2 is 1.90 bits per heavy atom. The number of hydrogen-bond donors (Lipinski definition) is 2. The van der Waals surface area contributed by atoms with Crippen LogP contribution in [0.5, 0.6) is 0 Å². The number of nitro benzene ring substituents is 1. The number of ether oxygens (including phenoxy) is 1. The van der Waals surface area contributed by atoms with E-state index >= 15 is 0 Å². The van der Waals surface area contributed by atoms with Crippen LogP contribution in [0.25, 0.3) is 0 Å². The van der Waals surface area contributed by atoms with Gasteiger partial charge in [-0.3, -0.25) is 10.1 Å². The molecule has 2 rings (SSSR count). The van der Waals surface area contributed by atoms with Crippen LogP contribution in [-0.2, 0) is 4.74 Å². The third-order valence-corrected chi connectivity index (χ3v) is 3.64. The van der Waals surface area contributed by atoms with Gasteiger partial charge >= 0.3 is 0 Å². The number of nitro groups is 1. The van der Waals surface area contributed by atoms with Crippen molar-refractivity contribution < 1.29 is 9.66 Å². The van der Waals surface area contributed by atoms with Crippen molar-refractivity contribution in [3.05, 3.63) is 28.3 Å². The molecule has 6 nitrogen and oxygen atoms in total. The van der Waals surface area contributed by atoms with E-state index in [2.05, 4.69) is 17.6 Å². The highest BCUT2D eigenvalue weighted by Crippen LogP contribution is 2.25. The molecule has 1 aromatic rings. The van der Waals surface area contributed by atoms with Gasteiger partial charge in [-0.1, -0.05) is 6.92 Å². The smallest absolute Gasteiger partial charge is 0.273 e. The fourth-order valence-electron chi connectivity index (χ4n) is 2.40. The van der Waals surface area contributed by atoms with Crippen LogP contribution in [0.2, 0.25) is 0 Å². The molecule has 0 saturated carbocycles. The monoisotopic (exact) mass is 293 g/mol. The first-order chi connectivity index (χ1) is 10.2. The Bertz CT molecular complexity index is 473. The summed E-state index contributed by atoms with van der Waals surface area (Å²) in [7, 11) is 0. The molecule has 1 saturated heterocycles. The van der Waals surface area contributed by atoms with E-state index in [0.29, 0.717) is 5.92 Å². The molecule has 6 heteroatoms. The topological polar surface area (TPSA) is 76.4 Å². The van der Waals surface area contributed by atoms with Crippen LogP contribution in [0.4, 0.5) is 17.1 Å². The zero-order valence-electron chi connectivity index (χ0n) is 12.4. The Labute approximate surface area is 125 Å². The number of benzene rings is 1. The van der Waals surface area contributed by atoms with Gasteiger partial charge in [0.2, 0.25) is 0 Å². The van der Waals surface area contributed by atoms with Crippen molar-refractivity contribution >= 4 is 17.1 Å². The molecule has 1 fully saturated rings. The second-order valence-corrected chi connectivity index (χ2v) is 5.39. The van der Waals surface area contributed by atoms with Crippen molar-refractivity contribution in [2.45, 2.75) is 26.2 Å². The summed E-state index contributed by atoms with van der Waals surface area (Å²) in [5.41, 5.74) is 1.71. The van der Waals surface area contributed by atoms with Gasteiger partial charge in [0.25, 0.3) is 5.69 Å². The Balaban J connectivity index is 2.02. The summed E-state index contributed by atoms with van der Waals surface area (Å²) >= 11 is 0. The molecule has 0 bridgehead atoms.